The summed E-state index contributed by atoms with van der Waals surface area (Å²) < 4.78 is 0. The number of carbonyl (C=O) groups excluding carboxylic acids is 1. The van der Waals surface area contributed by atoms with Gasteiger partial charge in [-0.25, -0.2) is 4.98 Å². The van der Waals surface area contributed by atoms with Gasteiger partial charge >= 0.3 is 0 Å². The van der Waals surface area contributed by atoms with Gasteiger partial charge in [-0.3, -0.25) is 14.8 Å². The standard InChI is InChI=1S/C13H9N3OS/c17-11(8-12-15-6-7-18-12)9-2-1-3-10-13(9)16-5-4-14-10/h1-7H,8H2. The first kappa shape index (κ1) is 11.0. The molecular formula is C13H9N3OS. The van der Waals surface area contributed by atoms with Crippen LogP contribution in [0.15, 0.2) is 42.2 Å². The van der Waals surface area contributed by atoms with Gasteiger partial charge in [-0.1, -0.05) is 6.07 Å². The van der Waals surface area contributed by atoms with Gasteiger partial charge in [0.15, 0.2) is 5.78 Å². The number of thiazole rings is 1. The number of ketones is 1. The number of Topliss-reactive ketones (excluding diaryl/α,β-unsaturated/α-hetero) is 1. The molecule has 0 N–H and O–H groups in total. The molecule has 0 atom stereocenters. The van der Waals surface area contributed by atoms with Crippen LogP contribution in [0.1, 0.15) is 15.4 Å². The molecule has 0 bridgehead atoms. The maximum atomic E-state index is 12.2. The molecule has 0 aliphatic carbocycles. The Morgan fingerprint density at radius 3 is 2.83 bits per heavy atom. The Balaban J connectivity index is 2.01. The van der Waals surface area contributed by atoms with Crippen molar-refractivity contribution in [2.24, 2.45) is 0 Å². The van der Waals surface area contributed by atoms with Crippen LogP contribution in [-0.4, -0.2) is 20.7 Å². The Kier molecular flexibility index (Phi) is 2.82. The Morgan fingerprint density at radius 1 is 1.11 bits per heavy atom. The monoisotopic (exact) mass is 255 g/mol. The van der Waals surface area contributed by atoms with Gasteiger partial charge in [0.05, 0.1) is 17.5 Å². The van der Waals surface area contributed by atoms with E-state index in [4.69, 9.17) is 0 Å². The summed E-state index contributed by atoms with van der Waals surface area (Å²) in [6.07, 6.45) is 5.24. The van der Waals surface area contributed by atoms with E-state index in [1.807, 2.05) is 17.5 Å². The van der Waals surface area contributed by atoms with Crippen LogP contribution in [0.4, 0.5) is 0 Å². The molecule has 2 aromatic heterocycles. The maximum Gasteiger partial charge on any atom is 0.171 e. The van der Waals surface area contributed by atoms with Crippen molar-refractivity contribution in [3.05, 3.63) is 52.7 Å². The summed E-state index contributed by atoms with van der Waals surface area (Å²) in [7, 11) is 0. The second-order valence-electron chi connectivity index (χ2n) is 3.76. The number of nitrogens with zero attached hydrogens (tertiary/aromatic N) is 3. The molecule has 2 heterocycles. The van der Waals surface area contributed by atoms with Crippen molar-refractivity contribution in [2.75, 3.05) is 0 Å². The lowest BCUT2D eigenvalue weighted by molar-refractivity contribution is 0.0994. The lowest BCUT2D eigenvalue weighted by Crippen LogP contribution is -2.05. The predicted molar refractivity (Wildman–Crippen MR) is 69.7 cm³/mol. The van der Waals surface area contributed by atoms with Crippen molar-refractivity contribution < 1.29 is 4.79 Å². The molecule has 0 amide bonds. The van der Waals surface area contributed by atoms with Gasteiger partial charge < -0.3 is 0 Å². The summed E-state index contributed by atoms with van der Waals surface area (Å²) in [6.45, 7) is 0. The van der Waals surface area contributed by atoms with Crippen LogP contribution in [0.2, 0.25) is 0 Å². The Bertz CT molecular complexity index is 689. The van der Waals surface area contributed by atoms with Crippen LogP contribution >= 0.6 is 11.3 Å². The van der Waals surface area contributed by atoms with E-state index < -0.39 is 0 Å². The molecule has 3 aromatic rings. The first-order valence-corrected chi connectivity index (χ1v) is 6.34. The number of hydrogen-bond acceptors (Lipinski definition) is 5. The largest absolute Gasteiger partial charge is 0.294 e. The third kappa shape index (κ3) is 2.00. The van der Waals surface area contributed by atoms with Gasteiger partial charge in [0.2, 0.25) is 0 Å². The summed E-state index contributed by atoms with van der Waals surface area (Å²) in [5, 5.41) is 2.69. The Labute approximate surface area is 107 Å². The van der Waals surface area contributed by atoms with E-state index >= 15 is 0 Å². The molecular weight excluding hydrogens is 246 g/mol. The fraction of sp³-hybridized carbons (Fsp3) is 0.0769. The van der Waals surface area contributed by atoms with E-state index in [1.54, 1.807) is 24.7 Å². The third-order valence-corrected chi connectivity index (χ3v) is 3.37. The van der Waals surface area contributed by atoms with Gasteiger partial charge in [-0.15, -0.1) is 11.3 Å². The fourth-order valence-corrected chi connectivity index (χ4v) is 2.41. The summed E-state index contributed by atoms with van der Waals surface area (Å²) in [5.41, 5.74) is 2.00. The topological polar surface area (TPSA) is 55.7 Å². The number of para-hydroxylation sites is 1. The maximum absolute atomic E-state index is 12.2. The quantitative estimate of drug-likeness (QED) is 0.675. The lowest BCUT2D eigenvalue weighted by atomic mass is 10.1. The summed E-state index contributed by atoms with van der Waals surface area (Å²) >= 11 is 1.48. The van der Waals surface area contributed by atoms with Crippen LogP contribution in [0.25, 0.3) is 11.0 Å². The van der Waals surface area contributed by atoms with Crippen molar-refractivity contribution in [3.8, 4) is 0 Å². The molecule has 0 aliphatic rings. The minimum Gasteiger partial charge on any atom is -0.294 e. The van der Waals surface area contributed by atoms with Crippen molar-refractivity contribution in [3.63, 3.8) is 0 Å². The van der Waals surface area contributed by atoms with Crippen LogP contribution in [0.5, 0.6) is 0 Å². The molecule has 5 heteroatoms. The minimum atomic E-state index is 0.0241. The number of aromatic nitrogens is 3. The van der Waals surface area contributed by atoms with Crippen molar-refractivity contribution in [1.82, 2.24) is 15.0 Å². The molecule has 0 saturated heterocycles. The van der Waals surface area contributed by atoms with Crippen molar-refractivity contribution in [2.45, 2.75) is 6.42 Å². The first-order chi connectivity index (χ1) is 8.84. The highest BCUT2D eigenvalue weighted by Crippen LogP contribution is 2.17. The molecule has 1 aromatic carbocycles. The smallest absolute Gasteiger partial charge is 0.171 e. The highest BCUT2D eigenvalue weighted by atomic mass is 32.1. The summed E-state index contributed by atoms with van der Waals surface area (Å²) in [4.78, 5) is 24.8. The van der Waals surface area contributed by atoms with Crippen molar-refractivity contribution in [1.29, 1.82) is 0 Å². The van der Waals surface area contributed by atoms with Crippen LogP contribution in [-0.2, 0) is 6.42 Å². The lowest BCUT2D eigenvalue weighted by Gasteiger charge is -2.02. The molecule has 18 heavy (non-hydrogen) atoms. The number of rotatable bonds is 3. The average Bonchev–Trinajstić information content (AvgIpc) is 2.91. The van der Waals surface area contributed by atoms with E-state index in [0.717, 1.165) is 10.5 Å². The molecule has 3 rings (SSSR count). The van der Waals surface area contributed by atoms with Gasteiger partial charge in [0, 0.05) is 29.5 Å². The number of hydrogen-bond donors (Lipinski definition) is 0. The van der Waals surface area contributed by atoms with Gasteiger partial charge in [0.25, 0.3) is 0 Å². The molecule has 0 saturated carbocycles. The molecule has 0 radical (unpaired) electrons. The zero-order valence-corrected chi connectivity index (χ0v) is 10.2. The van der Waals surface area contributed by atoms with E-state index in [2.05, 4.69) is 15.0 Å². The fourth-order valence-electron chi connectivity index (χ4n) is 1.79. The number of carbonyl (C=O) groups is 1. The summed E-state index contributed by atoms with van der Waals surface area (Å²) in [6, 6.07) is 5.46. The molecule has 4 nitrogen and oxygen atoms in total. The van der Waals surface area contributed by atoms with Crippen LogP contribution in [0, 0.1) is 0 Å². The molecule has 88 valence electrons. The van der Waals surface area contributed by atoms with Crippen LogP contribution < -0.4 is 0 Å². The molecule has 0 aliphatic heterocycles. The molecule has 0 fully saturated rings. The summed E-state index contributed by atoms with van der Waals surface area (Å²) in [5.74, 6) is 0.0241. The number of fused-ring (bicyclic) bond motifs is 1. The van der Waals surface area contributed by atoms with Crippen molar-refractivity contribution >= 4 is 28.2 Å². The first-order valence-electron chi connectivity index (χ1n) is 5.46. The number of benzene rings is 1. The van der Waals surface area contributed by atoms with Gasteiger partial charge in [-0.05, 0) is 12.1 Å². The second kappa shape index (κ2) is 4.62. The Morgan fingerprint density at radius 2 is 2.00 bits per heavy atom. The van der Waals surface area contributed by atoms with E-state index in [-0.39, 0.29) is 5.78 Å². The zero-order valence-electron chi connectivity index (χ0n) is 9.41. The second-order valence-corrected chi connectivity index (χ2v) is 4.73. The average molecular weight is 255 g/mol. The molecule has 0 spiro atoms. The highest BCUT2D eigenvalue weighted by molar-refractivity contribution is 7.09. The van der Waals surface area contributed by atoms with E-state index in [1.165, 1.54) is 11.3 Å². The predicted octanol–water partition coefficient (Wildman–Crippen LogP) is 2.51. The Hall–Kier alpha value is -2.14. The highest BCUT2D eigenvalue weighted by Gasteiger charge is 2.13. The van der Waals surface area contributed by atoms with E-state index in [0.29, 0.717) is 17.5 Å². The van der Waals surface area contributed by atoms with Crippen LogP contribution in [0.3, 0.4) is 0 Å². The zero-order chi connectivity index (χ0) is 12.4. The van der Waals surface area contributed by atoms with E-state index in [9.17, 15) is 4.79 Å². The molecule has 0 unspecified atom stereocenters. The minimum absolute atomic E-state index is 0.0241. The van der Waals surface area contributed by atoms with Gasteiger partial charge in [0.1, 0.15) is 5.01 Å². The third-order valence-electron chi connectivity index (χ3n) is 2.59. The SMILES string of the molecule is O=C(Cc1nccs1)c1cccc2nccnc12. The normalized spacial score (nSPS) is 10.7. The van der Waals surface area contributed by atoms with Gasteiger partial charge in [-0.2, -0.15) is 0 Å².